The van der Waals surface area contributed by atoms with Crippen molar-refractivity contribution in [2.75, 3.05) is 5.75 Å². The Bertz CT molecular complexity index is 996. The van der Waals surface area contributed by atoms with Crippen LogP contribution in [-0.2, 0) is 20.8 Å². The third-order valence-electron chi connectivity index (χ3n) is 2.97. The molecule has 0 aliphatic rings. The van der Waals surface area contributed by atoms with E-state index in [1.54, 1.807) is 0 Å². The molecule has 2 aromatic heterocycles. The van der Waals surface area contributed by atoms with Crippen LogP contribution in [0.4, 0.5) is 17.6 Å². The van der Waals surface area contributed by atoms with E-state index in [0.717, 1.165) is 6.92 Å². The lowest BCUT2D eigenvalue weighted by molar-refractivity contribution is -0.138. The molecule has 2 aromatic rings. The Kier molecular flexibility index (Phi) is 5.19. The number of aliphatic carboxylic acids is 1. The van der Waals surface area contributed by atoms with E-state index in [2.05, 4.69) is 15.0 Å². The van der Waals surface area contributed by atoms with E-state index in [1.807, 2.05) is 0 Å². The van der Waals surface area contributed by atoms with Crippen molar-refractivity contribution < 1.29 is 35.9 Å². The van der Waals surface area contributed by atoms with Crippen molar-refractivity contribution in [3.05, 3.63) is 34.4 Å². The van der Waals surface area contributed by atoms with Gasteiger partial charge in [0.25, 0.3) is 0 Å². The largest absolute Gasteiger partial charge is 0.480 e. The van der Waals surface area contributed by atoms with Gasteiger partial charge in [0, 0.05) is 6.20 Å². The molecule has 0 bridgehead atoms. The van der Waals surface area contributed by atoms with Gasteiger partial charge in [0.1, 0.15) is 5.69 Å². The van der Waals surface area contributed by atoms with Crippen LogP contribution in [0.3, 0.4) is 0 Å². The van der Waals surface area contributed by atoms with Crippen LogP contribution >= 0.6 is 11.6 Å². The topological polar surface area (TPSA) is 110 Å². The van der Waals surface area contributed by atoms with Crippen LogP contribution in [0.15, 0.2) is 17.3 Å². The zero-order chi connectivity index (χ0) is 19.9. The molecule has 0 amide bonds. The Hall–Kier alpha value is -2.34. The molecule has 13 heteroatoms. The highest BCUT2D eigenvalue weighted by atomic mass is 35.5. The highest BCUT2D eigenvalue weighted by Gasteiger charge is 2.32. The second kappa shape index (κ2) is 6.76. The lowest BCUT2D eigenvalue weighted by atomic mass is 10.2. The summed E-state index contributed by atoms with van der Waals surface area (Å²) in [6, 6.07) is 0.525. The monoisotopic (exact) mass is 413 g/mol. The lowest BCUT2D eigenvalue weighted by Crippen LogP contribution is -2.19. The molecule has 0 aliphatic heterocycles. The molecule has 0 saturated carbocycles. The zero-order valence-electron chi connectivity index (χ0n) is 12.7. The summed E-state index contributed by atoms with van der Waals surface area (Å²) in [7, 11) is -4.66. The van der Waals surface area contributed by atoms with Crippen LogP contribution in [-0.4, -0.2) is 40.2 Å². The van der Waals surface area contributed by atoms with E-state index in [-0.39, 0.29) is 0 Å². The third kappa shape index (κ3) is 4.07. The first kappa shape index (κ1) is 20.0. The van der Waals surface area contributed by atoms with Crippen molar-refractivity contribution in [2.45, 2.75) is 18.1 Å². The van der Waals surface area contributed by atoms with E-state index in [1.165, 1.54) is 0 Å². The number of hydrogen-bond donors (Lipinski definition) is 1. The molecule has 0 fully saturated rings. The molecular formula is C13H8ClF4N3O4S. The van der Waals surface area contributed by atoms with Gasteiger partial charge in [0.15, 0.2) is 22.4 Å². The van der Waals surface area contributed by atoms with Gasteiger partial charge in [0.05, 0.1) is 16.3 Å². The summed E-state index contributed by atoms with van der Waals surface area (Å²) in [5, 5.41) is 6.87. The molecule has 0 spiro atoms. The predicted octanol–water partition coefficient (Wildman–Crippen LogP) is 2.52. The number of aryl methyl sites for hydroxylation is 1. The van der Waals surface area contributed by atoms with Gasteiger partial charge in [-0.2, -0.15) is 13.2 Å². The van der Waals surface area contributed by atoms with Gasteiger partial charge in [-0.1, -0.05) is 11.6 Å². The number of carboxylic acids is 1. The van der Waals surface area contributed by atoms with Gasteiger partial charge in [-0.05, 0) is 13.0 Å². The first-order valence-electron chi connectivity index (χ1n) is 6.54. The molecule has 0 radical (unpaired) electrons. The number of rotatable bonds is 4. The highest BCUT2D eigenvalue weighted by Crippen LogP contribution is 2.33. The Labute approximate surface area is 148 Å². The number of alkyl halides is 3. The van der Waals surface area contributed by atoms with Gasteiger partial charge in [-0.3, -0.25) is 9.78 Å². The molecule has 0 unspecified atom stereocenters. The van der Waals surface area contributed by atoms with Gasteiger partial charge in [0.2, 0.25) is 9.84 Å². The number of carbonyl (C=O) groups is 1. The summed E-state index contributed by atoms with van der Waals surface area (Å²) < 4.78 is 75.9. The average Bonchev–Trinajstić information content (AvgIpc) is 2.47. The number of hydrogen-bond acceptors (Lipinski definition) is 6. The molecule has 2 heterocycles. The van der Waals surface area contributed by atoms with Crippen LogP contribution in [0.25, 0.3) is 11.5 Å². The van der Waals surface area contributed by atoms with E-state index in [0.29, 0.717) is 12.3 Å². The van der Waals surface area contributed by atoms with Crippen molar-refractivity contribution >= 4 is 27.4 Å². The number of halogens is 5. The maximum absolute atomic E-state index is 14.1. The van der Waals surface area contributed by atoms with Crippen molar-refractivity contribution in [1.82, 2.24) is 15.0 Å². The van der Waals surface area contributed by atoms with Crippen LogP contribution in [0.5, 0.6) is 0 Å². The van der Waals surface area contributed by atoms with Crippen molar-refractivity contribution in [2.24, 2.45) is 0 Å². The lowest BCUT2D eigenvalue weighted by Gasteiger charge is -2.10. The second-order valence-electron chi connectivity index (χ2n) is 4.96. The van der Waals surface area contributed by atoms with Crippen molar-refractivity contribution in [1.29, 1.82) is 0 Å². The highest BCUT2D eigenvalue weighted by molar-refractivity contribution is 7.92. The van der Waals surface area contributed by atoms with Gasteiger partial charge in [-0.25, -0.2) is 22.8 Å². The number of sulfone groups is 1. The summed E-state index contributed by atoms with van der Waals surface area (Å²) in [6.07, 6.45) is -4.29. The van der Waals surface area contributed by atoms with Gasteiger partial charge >= 0.3 is 12.1 Å². The molecule has 7 nitrogen and oxygen atoms in total. The van der Waals surface area contributed by atoms with Gasteiger partial charge in [-0.15, -0.1) is 0 Å². The average molecular weight is 414 g/mol. The van der Waals surface area contributed by atoms with Crippen molar-refractivity contribution in [3.63, 3.8) is 0 Å². The molecule has 0 atom stereocenters. The number of carboxylic acid groups (broad SMARTS) is 1. The van der Waals surface area contributed by atoms with E-state index < -0.39 is 66.4 Å². The third-order valence-corrected chi connectivity index (χ3v) is 4.75. The predicted molar refractivity (Wildman–Crippen MR) is 79.7 cm³/mol. The normalized spacial score (nSPS) is 12.2. The van der Waals surface area contributed by atoms with Crippen LogP contribution in [0.1, 0.15) is 11.3 Å². The minimum atomic E-state index is -4.72. The molecular weight excluding hydrogens is 406 g/mol. The Morgan fingerprint density at radius 1 is 1.31 bits per heavy atom. The number of nitrogens with zero attached hydrogens (tertiary/aromatic N) is 3. The second-order valence-corrected chi connectivity index (χ2v) is 7.27. The van der Waals surface area contributed by atoms with Gasteiger partial charge < -0.3 is 5.11 Å². The van der Waals surface area contributed by atoms with Crippen LogP contribution in [0.2, 0.25) is 5.02 Å². The molecule has 0 saturated heterocycles. The maximum Gasteiger partial charge on any atom is 0.417 e. The standard InChI is InChI=1S/C13H8ClF4N3O4S/c1-5-9(15)12(26(24,25)4-8(22)23)21-11(20-5)10-7(14)2-6(3-19-10)13(16,17)18/h2-3H,4H2,1H3,(H,22,23). The Morgan fingerprint density at radius 3 is 2.42 bits per heavy atom. The Balaban J connectivity index is 2.64. The first-order chi connectivity index (χ1) is 11.8. The fourth-order valence-corrected chi connectivity index (χ4v) is 3.19. The van der Waals surface area contributed by atoms with E-state index >= 15 is 0 Å². The smallest absolute Gasteiger partial charge is 0.417 e. The summed E-state index contributed by atoms with van der Waals surface area (Å²) in [5.41, 5.74) is -2.06. The molecule has 140 valence electrons. The quantitative estimate of drug-likeness (QED) is 0.605. The minimum Gasteiger partial charge on any atom is -0.480 e. The van der Waals surface area contributed by atoms with Crippen LogP contribution in [0, 0.1) is 12.7 Å². The molecule has 0 aromatic carbocycles. The summed E-state index contributed by atoms with van der Waals surface area (Å²) in [4.78, 5) is 21.1. The summed E-state index contributed by atoms with van der Waals surface area (Å²) in [6.45, 7) is 1.07. The number of aromatic nitrogens is 3. The zero-order valence-corrected chi connectivity index (χ0v) is 14.2. The number of pyridine rings is 1. The fourth-order valence-electron chi connectivity index (χ4n) is 1.83. The van der Waals surface area contributed by atoms with Crippen molar-refractivity contribution in [3.8, 4) is 11.5 Å². The molecule has 2 rings (SSSR count). The molecule has 0 aliphatic carbocycles. The van der Waals surface area contributed by atoms with E-state index in [9.17, 15) is 30.8 Å². The molecule has 26 heavy (non-hydrogen) atoms. The fraction of sp³-hybridized carbons (Fsp3) is 0.231. The minimum absolute atomic E-state index is 0.422. The molecule has 1 N–H and O–H groups in total. The maximum atomic E-state index is 14.1. The van der Waals surface area contributed by atoms with E-state index in [4.69, 9.17) is 16.7 Å². The Morgan fingerprint density at radius 2 is 1.92 bits per heavy atom. The SMILES string of the molecule is Cc1nc(-c2ncc(C(F)(F)F)cc2Cl)nc(S(=O)(=O)CC(=O)O)c1F. The summed E-state index contributed by atoms with van der Waals surface area (Å²) >= 11 is 5.73. The first-order valence-corrected chi connectivity index (χ1v) is 8.57. The summed E-state index contributed by atoms with van der Waals surface area (Å²) in [5.74, 6) is -5.12. The van der Waals surface area contributed by atoms with Crippen LogP contribution < -0.4 is 0 Å².